The first-order valence-corrected chi connectivity index (χ1v) is 9.19. The Morgan fingerprint density at radius 2 is 2.00 bits per heavy atom. The van der Waals surface area contributed by atoms with E-state index in [1.54, 1.807) is 0 Å². The molecule has 1 aliphatic rings. The molecule has 2 heteroatoms. The van der Waals surface area contributed by atoms with Gasteiger partial charge in [-0.15, -0.1) is 0 Å². The van der Waals surface area contributed by atoms with Crippen LogP contribution < -0.4 is 5.32 Å². The molecule has 2 atom stereocenters. The fraction of sp³-hybridized carbons (Fsp3) is 0.667. The lowest BCUT2D eigenvalue weighted by atomic mass is 9.97. The number of hydrogen-bond donors (Lipinski definition) is 1. The number of hydrogen-bond acceptors (Lipinski definition) is 2. The molecule has 0 amide bonds. The summed E-state index contributed by atoms with van der Waals surface area (Å²) in [4.78, 5) is 0. The normalized spacial score (nSPS) is 20.5. The minimum atomic E-state index is 0.628. The highest BCUT2D eigenvalue weighted by molar-refractivity contribution is 8.00. The maximum absolute atomic E-state index is 3.78. The summed E-state index contributed by atoms with van der Waals surface area (Å²) in [6, 6.07) is 9.91. The second-order valence-electron chi connectivity index (χ2n) is 6.21. The molecule has 0 aliphatic carbocycles. The van der Waals surface area contributed by atoms with Crippen LogP contribution in [0.5, 0.6) is 0 Å². The van der Waals surface area contributed by atoms with Crippen LogP contribution in [0.2, 0.25) is 0 Å². The van der Waals surface area contributed by atoms with Gasteiger partial charge in [-0.05, 0) is 55.0 Å². The number of rotatable bonds is 7. The molecule has 2 unspecified atom stereocenters. The molecule has 0 radical (unpaired) electrons. The van der Waals surface area contributed by atoms with Gasteiger partial charge in [0, 0.05) is 11.3 Å². The lowest BCUT2D eigenvalue weighted by molar-refractivity contribution is 0.482. The number of thioether (sulfide) groups is 1. The summed E-state index contributed by atoms with van der Waals surface area (Å²) in [6.45, 7) is 7.92. The van der Waals surface area contributed by atoms with E-state index in [0.717, 1.165) is 11.8 Å². The van der Waals surface area contributed by atoms with Gasteiger partial charge in [0.25, 0.3) is 0 Å². The molecular formula is C18H29NS. The third-order valence-corrected chi connectivity index (χ3v) is 5.69. The predicted molar refractivity (Wildman–Crippen MR) is 91.8 cm³/mol. The van der Waals surface area contributed by atoms with Crippen LogP contribution in [0, 0.1) is 0 Å². The lowest BCUT2D eigenvalue weighted by Crippen LogP contribution is -2.39. The van der Waals surface area contributed by atoms with Crippen LogP contribution in [0.15, 0.2) is 24.3 Å². The van der Waals surface area contributed by atoms with E-state index >= 15 is 0 Å². The molecular weight excluding hydrogens is 262 g/mol. The van der Waals surface area contributed by atoms with E-state index in [2.05, 4.69) is 62.1 Å². The van der Waals surface area contributed by atoms with E-state index in [4.69, 9.17) is 0 Å². The van der Waals surface area contributed by atoms with Crippen molar-refractivity contribution in [3.05, 3.63) is 35.4 Å². The SMILES string of the molecule is CCCNC(Cc1ccc(C(C)C)cc1)C1CCCS1. The van der Waals surface area contributed by atoms with Gasteiger partial charge in [0.15, 0.2) is 0 Å². The first-order chi connectivity index (χ1) is 9.70. The van der Waals surface area contributed by atoms with Gasteiger partial charge >= 0.3 is 0 Å². The van der Waals surface area contributed by atoms with Crippen LogP contribution in [0.4, 0.5) is 0 Å². The molecule has 0 saturated carbocycles. The van der Waals surface area contributed by atoms with Gasteiger partial charge in [-0.1, -0.05) is 45.0 Å². The van der Waals surface area contributed by atoms with Crippen molar-refractivity contribution in [3.63, 3.8) is 0 Å². The molecule has 1 heterocycles. The Bertz CT molecular complexity index is 379. The Morgan fingerprint density at radius 3 is 2.55 bits per heavy atom. The molecule has 0 aromatic heterocycles. The first-order valence-electron chi connectivity index (χ1n) is 8.14. The zero-order valence-corrected chi connectivity index (χ0v) is 14.0. The molecule has 1 aromatic rings. The molecule has 1 fully saturated rings. The second-order valence-corrected chi connectivity index (χ2v) is 7.56. The maximum atomic E-state index is 3.78. The average molecular weight is 292 g/mol. The Hall–Kier alpha value is -0.470. The van der Waals surface area contributed by atoms with Crippen molar-refractivity contribution < 1.29 is 0 Å². The van der Waals surface area contributed by atoms with Gasteiger partial charge in [0.2, 0.25) is 0 Å². The Balaban J connectivity index is 1.98. The van der Waals surface area contributed by atoms with Crippen LogP contribution in [0.25, 0.3) is 0 Å². The van der Waals surface area contributed by atoms with Crippen molar-refractivity contribution in [1.82, 2.24) is 5.32 Å². The van der Waals surface area contributed by atoms with E-state index in [0.29, 0.717) is 12.0 Å². The summed E-state index contributed by atoms with van der Waals surface area (Å²) < 4.78 is 0. The van der Waals surface area contributed by atoms with Crippen molar-refractivity contribution in [2.24, 2.45) is 0 Å². The summed E-state index contributed by atoms with van der Waals surface area (Å²) in [7, 11) is 0. The fourth-order valence-electron chi connectivity index (χ4n) is 2.88. The summed E-state index contributed by atoms with van der Waals surface area (Å²) in [6.07, 6.45) is 5.18. The highest BCUT2D eigenvalue weighted by Crippen LogP contribution is 2.30. The standard InChI is InChI=1S/C18H29NS/c1-4-11-19-17(18-6-5-12-20-18)13-15-7-9-16(10-8-15)14(2)3/h7-10,14,17-19H,4-6,11-13H2,1-3H3. The van der Waals surface area contributed by atoms with Crippen LogP contribution in [-0.2, 0) is 6.42 Å². The minimum Gasteiger partial charge on any atom is -0.313 e. The van der Waals surface area contributed by atoms with E-state index in [-0.39, 0.29) is 0 Å². The quantitative estimate of drug-likeness (QED) is 0.787. The summed E-state index contributed by atoms with van der Waals surface area (Å²) >= 11 is 2.17. The van der Waals surface area contributed by atoms with E-state index in [1.807, 2.05) is 0 Å². The van der Waals surface area contributed by atoms with Crippen molar-refractivity contribution in [1.29, 1.82) is 0 Å². The van der Waals surface area contributed by atoms with Crippen LogP contribution in [0.1, 0.15) is 57.1 Å². The second kappa shape index (κ2) is 8.09. The third-order valence-electron chi connectivity index (χ3n) is 4.17. The molecule has 20 heavy (non-hydrogen) atoms. The Kier molecular flexibility index (Phi) is 6.44. The summed E-state index contributed by atoms with van der Waals surface area (Å²) in [5.41, 5.74) is 2.93. The number of benzene rings is 1. The summed E-state index contributed by atoms with van der Waals surface area (Å²) in [5, 5.41) is 4.59. The number of nitrogens with one attached hydrogen (secondary N) is 1. The highest BCUT2D eigenvalue weighted by Gasteiger charge is 2.25. The summed E-state index contributed by atoms with van der Waals surface area (Å²) in [5.74, 6) is 1.98. The van der Waals surface area contributed by atoms with Gasteiger partial charge in [0.1, 0.15) is 0 Å². The van der Waals surface area contributed by atoms with E-state index < -0.39 is 0 Å². The molecule has 1 aliphatic heterocycles. The third kappa shape index (κ3) is 4.53. The Morgan fingerprint density at radius 1 is 1.25 bits per heavy atom. The first kappa shape index (κ1) is 15.9. The van der Waals surface area contributed by atoms with E-state index in [1.165, 1.54) is 42.6 Å². The van der Waals surface area contributed by atoms with Crippen LogP contribution >= 0.6 is 11.8 Å². The van der Waals surface area contributed by atoms with Gasteiger partial charge in [-0.3, -0.25) is 0 Å². The molecule has 0 spiro atoms. The smallest absolute Gasteiger partial charge is 0.0226 e. The average Bonchev–Trinajstić information content (AvgIpc) is 2.98. The van der Waals surface area contributed by atoms with Gasteiger partial charge < -0.3 is 5.32 Å². The maximum Gasteiger partial charge on any atom is 0.0226 e. The van der Waals surface area contributed by atoms with Crippen molar-refractivity contribution in [3.8, 4) is 0 Å². The molecule has 1 aromatic carbocycles. The molecule has 1 N–H and O–H groups in total. The highest BCUT2D eigenvalue weighted by atomic mass is 32.2. The van der Waals surface area contributed by atoms with Crippen LogP contribution in [0.3, 0.4) is 0 Å². The van der Waals surface area contributed by atoms with Gasteiger partial charge in [-0.25, -0.2) is 0 Å². The van der Waals surface area contributed by atoms with E-state index in [9.17, 15) is 0 Å². The van der Waals surface area contributed by atoms with Crippen LogP contribution in [-0.4, -0.2) is 23.6 Å². The lowest BCUT2D eigenvalue weighted by Gasteiger charge is -2.24. The molecule has 1 saturated heterocycles. The van der Waals surface area contributed by atoms with Gasteiger partial charge in [0.05, 0.1) is 0 Å². The molecule has 0 bridgehead atoms. The van der Waals surface area contributed by atoms with Crippen molar-refractivity contribution >= 4 is 11.8 Å². The monoisotopic (exact) mass is 291 g/mol. The zero-order chi connectivity index (χ0) is 14.4. The molecule has 1 nitrogen and oxygen atoms in total. The molecule has 2 rings (SSSR count). The molecule has 112 valence electrons. The predicted octanol–water partition coefficient (Wildman–Crippen LogP) is 4.62. The minimum absolute atomic E-state index is 0.628. The van der Waals surface area contributed by atoms with Gasteiger partial charge in [-0.2, -0.15) is 11.8 Å². The fourth-order valence-corrected chi connectivity index (χ4v) is 4.27. The Labute approximate surface area is 128 Å². The van der Waals surface area contributed by atoms with Crippen molar-refractivity contribution in [2.45, 2.75) is 63.7 Å². The topological polar surface area (TPSA) is 12.0 Å². The van der Waals surface area contributed by atoms with Crippen molar-refractivity contribution in [2.75, 3.05) is 12.3 Å². The zero-order valence-electron chi connectivity index (χ0n) is 13.2. The largest absolute Gasteiger partial charge is 0.313 e.